The lowest BCUT2D eigenvalue weighted by Gasteiger charge is -2.15. The van der Waals surface area contributed by atoms with Crippen LogP contribution in [0.2, 0.25) is 0 Å². The van der Waals surface area contributed by atoms with E-state index in [1.807, 2.05) is 0 Å². The van der Waals surface area contributed by atoms with Gasteiger partial charge in [0.15, 0.2) is 0 Å². The number of hydrazone groups is 1. The highest BCUT2D eigenvalue weighted by Gasteiger charge is 2.09. The minimum atomic E-state index is 0. The second kappa shape index (κ2) is 12.5. The van der Waals surface area contributed by atoms with Crippen LogP contribution < -0.4 is 5.43 Å². The topological polar surface area (TPSA) is 24.4 Å². The molecule has 1 N–H and O–H groups in total. The van der Waals surface area contributed by atoms with Crippen molar-refractivity contribution < 1.29 is 0 Å². The maximum atomic E-state index is 4.73. The molecular weight excluding hydrogens is 371 g/mol. The summed E-state index contributed by atoms with van der Waals surface area (Å²) in [6.45, 7) is 1.05. The first-order valence-electron chi connectivity index (χ1n) is 8.95. The van der Waals surface area contributed by atoms with Crippen LogP contribution in [-0.2, 0) is 0 Å². The molecule has 0 fully saturated rings. The maximum absolute atomic E-state index is 4.73. The van der Waals surface area contributed by atoms with E-state index in [1.165, 1.54) is 95.6 Å². The Bertz CT molecular complexity index is 291. The summed E-state index contributed by atoms with van der Waals surface area (Å²) in [6.07, 6.45) is 21.3. The van der Waals surface area contributed by atoms with Gasteiger partial charge in [0.05, 0.1) is 5.71 Å². The Kier molecular flexibility index (Phi) is 11.3. The highest BCUT2D eigenvalue weighted by molar-refractivity contribution is 14.0. The number of hydrogen-bond acceptors (Lipinski definition) is 2. The van der Waals surface area contributed by atoms with E-state index in [0.717, 1.165) is 6.54 Å². The number of nitrogens with one attached hydrogen (secondary N) is 1. The SMILES string of the molecule is C1=C(C2=NNCCCCCCC2)CCCCCCCC1.I. The van der Waals surface area contributed by atoms with Crippen LogP contribution in [0.15, 0.2) is 16.8 Å². The fourth-order valence-corrected chi connectivity index (χ4v) is 3.27. The molecule has 0 saturated heterocycles. The van der Waals surface area contributed by atoms with Gasteiger partial charge in [-0.05, 0) is 50.5 Å². The molecule has 0 unspecified atom stereocenters. The molecule has 0 bridgehead atoms. The molecule has 1 aliphatic heterocycles. The predicted octanol–water partition coefficient (Wildman–Crippen LogP) is 5.97. The minimum Gasteiger partial charge on any atom is -0.310 e. The van der Waals surface area contributed by atoms with Gasteiger partial charge in [0.2, 0.25) is 0 Å². The van der Waals surface area contributed by atoms with E-state index in [2.05, 4.69) is 11.5 Å². The highest BCUT2D eigenvalue weighted by atomic mass is 127. The molecule has 0 aromatic rings. The minimum absolute atomic E-state index is 0. The predicted molar refractivity (Wildman–Crippen MR) is 104 cm³/mol. The molecule has 0 radical (unpaired) electrons. The molecule has 1 aliphatic carbocycles. The largest absolute Gasteiger partial charge is 0.310 e. The van der Waals surface area contributed by atoms with Gasteiger partial charge in [-0.3, -0.25) is 0 Å². The zero-order chi connectivity index (χ0) is 13.9. The third kappa shape index (κ3) is 8.22. The van der Waals surface area contributed by atoms with E-state index in [4.69, 9.17) is 5.10 Å². The van der Waals surface area contributed by atoms with Crippen molar-refractivity contribution in [3.8, 4) is 0 Å². The molecule has 3 heteroatoms. The van der Waals surface area contributed by atoms with Crippen LogP contribution in [0, 0.1) is 0 Å². The standard InChI is InChI=1S/C18H32N2.HI/c1-2-5-9-13-17(14-10-6-3-1)18-15-11-7-4-8-12-16-19-20-18;/h13,19H,1-12,14-16H2;1H. The summed E-state index contributed by atoms with van der Waals surface area (Å²) in [5, 5.41) is 4.73. The molecule has 0 atom stereocenters. The fraction of sp³-hybridized carbons (Fsp3) is 0.833. The molecule has 0 spiro atoms. The monoisotopic (exact) mass is 404 g/mol. The molecule has 0 saturated carbocycles. The summed E-state index contributed by atoms with van der Waals surface area (Å²) in [4.78, 5) is 0. The average molecular weight is 404 g/mol. The van der Waals surface area contributed by atoms with Crippen LogP contribution in [0.3, 0.4) is 0 Å². The van der Waals surface area contributed by atoms with Crippen molar-refractivity contribution in [2.45, 2.75) is 89.9 Å². The lowest BCUT2D eigenvalue weighted by atomic mass is 9.94. The molecule has 122 valence electrons. The highest BCUT2D eigenvalue weighted by Crippen LogP contribution is 2.20. The Labute approximate surface area is 148 Å². The van der Waals surface area contributed by atoms with Gasteiger partial charge in [0.1, 0.15) is 0 Å². The third-order valence-electron chi connectivity index (χ3n) is 4.58. The van der Waals surface area contributed by atoms with Crippen molar-refractivity contribution in [3.63, 3.8) is 0 Å². The number of nitrogens with zero attached hydrogens (tertiary/aromatic N) is 1. The molecule has 2 aliphatic rings. The van der Waals surface area contributed by atoms with Gasteiger partial charge in [-0.25, -0.2) is 0 Å². The summed E-state index contributed by atoms with van der Waals surface area (Å²) in [5.41, 5.74) is 6.24. The van der Waals surface area contributed by atoms with Gasteiger partial charge in [-0.2, -0.15) is 5.10 Å². The Balaban J connectivity index is 0.00000220. The van der Waals surface area contributed by atoms with Crippen molar-refractivity contribution in [1.29, 1.82) is 0 Å². The molecule has 0 amide bonds. The van der Waals surface area contributed by atoms with Crippen molar-refractivity contribution in [2.24, 2.45) is 5.10 Å². The molecule has 2 rings (SSSR count). The van der Waals surface area contributed by atoms with Gasteiger partial charge in [-0.15, -0.1) is 24.0 Å². The van der Waals surface area contributed by atoms with Crippen molar-refractivity contribution in [3.05, 3.63) is 11.6 Å². The third-order valence-corrected chi connectivity index (χ3v) is 4.58. The van der Waals surface area contributed by atoms with E-state index in [1.54, 1.807) is 5.57 Å². The van der Waals surface area contributed by atoms with Crippen LogP contribution in [0.1, 0.15) is 89.9 Å². The smallest absolute Gasteiger partial charge is 0.0631 e. The Morgan fingerprint density at radius 3 is 2.14 bits per heavy atom. The van der Waals surface area contributed by atoms with Crippen LogP contribution in [0.25, 0.3) is 0 Å². The van der Waals surface area contributed by atoms with Crippen molar-refractivity contribution in [2.75, 3.05) is 6.54 Å². The Hall–Kier alpha value is -0.0600. The fourth-order valence-electron chi connectivity index (χ4n) is 3.27. The zero-order valence-electron chi connectivity index (χ0n) is 13.5. The van der Waals surface area contributed by atoms with Crippen LogP contribution in [0.4, 0.5) is 0 Å². The van der Waals surface area contributed by atoms with Gasteiger partial charge in [-0.1, -0.05) is 51.0 Å². The van der Waals surface area contributed by atoms with E-state index in [0.29, 0.717) is 0 Å². The lowest BCUT2D eigenvalue weighted by Crippen LogP contribution is -2.15. The summed E-state index contributed by atoms with van der Waals surface area (Å²) < 4.78 is 0. The van der Waals surface area contributed by atoms with Gasteiger partial charge in [0.25, 0.3) is 0 Å². The number of rotatable bonds is 1. The lowest BCUT2D eigenvalue weighted by molar-refractivity contribution is 0.573. The molecule has 0 aromatic carbocycles. The Morgan fingerprint density at radius 1 is 0.714 bits per heavy atom. The first-order valence-corrected chi connectivity index (χ1v) is 8.95. The van der Waals surface area contributed by atoms with Gasteiger partial charge in [0, 0.05) is 6.54 Å². The van der Waals surface area contributed by atoms with Gasteiger partial charge < -0.3 is 5.43 Å². The van der Waals surface area contributed by atoms with Crippen LogP contribution >= 0.6 is 24.0 Å². The average Bonchev–Trinajstić information content (AvgIpc) is 2.50. The second-order valence-corrected chi connectivity index (χ2v) is 6.37. The second-order valence-electron chi connectivity index (χ2n) is 6.37. The molecule has 1 heterocycles. The van der Waals surface area contributed by atoms with E-state index >= 15 is 0 Å². The first kappa shape index (κ1) is 19.0. The first-order chi connectivity index (χ1) is 9.97. The number of halogens is 1. The molecular formula is C18H33IN2. The van der Waals surface area contributed by atoms with Crippen LogP contribution in [0.5, 0.6) is 0 Å². The number of hydrogen-bond donors (Lipinski definition) is 1. The van der Waals surface area contributed by atoms with E-state index in [9.17, 15) is 0 Å². The van der Waals surface area contributed by atoms with E-state index in [-0.39, 0.29) is 24.0 Å². The molecule has 2 nitrogen and oxygen atoms in total. The maximum Gasteiger partial charge on any atom is 0.0631 e. The van der Waals surface area contributed by atoms with Crippen LogP contribution in [-0.4, -0.2) is 12.3 Å². The van der Waals surface area contributed by atoms with E-state index < -0.39 is 0 Å². The summed E-state index contributed by atoms with van der Waals surface area (Å²) in [7, 11) is 0. The summed E-state index contributed by atoms with van der Waals surface area (Å²) in [6, 6.07) is 0. The molecule has 0 aromatic heterocycles. The Morgan fingerprint density at radius 2 is 1.33 bits per heavy atom. The zero-order valence-corrected chi connectivity index (χ0v) is 15.9. The quantitative estimate of drug-likeness (QED) is 0.536. The number of allylic oxidation sites excluding steroid dienone is 2. The van der Waals surface area contributed by atoms with Crippen molar-refractivity contribution >= 4 is 29.7 Å². The van der Waals surface area contributed by atoms with Crippen molar-refractivity contribution in [1.82, 2.24) is 5.43 Å². The summed E-state index contributed by atoms with van der Waals surface area (Å²) in [5.74, 6) is 0. The summed E-state index contributed by atoms with van der Waals surface area (Å²) >= 11 is 0. The molecule has 21 heavy (non-hydrogen) atoms. The normalized spacial score (nSPS) is 22.9. The van der Waals surface area contributed by atoms with Gasteiger partial charge >= 0.3 is 0 Å².